The van der Waals surface area contributed by atoms with Gasteiger partial charge in [0.05, 0.1) is 12.7 Å². The van der Waals surface area contributed by atoms with Gasteiger partial charge in [-0.1, -0.05) is 20.8 Å². The van der Waals surface area contributed by atoms with Crippen LogP contribution in [0.3, 0.4) is 0 Å². The van der Waals surface area contributed by atoms with Crippen molar-refractivity contribution < 1.29 is 15.0 Å². The van der Waals surface area contributed by atoms with E-state index in [4.69, 9.17) is 5.11 Å². The van der Waals surface area contributed by atoms with Crippen LogP contribution in [0.15, 0.2) is 18.2 Å². The molecule has 3 rings (SSSR count). The maximum Gasteiger partial charge on any atom is 0.185 e. The van der Waals surface area contributed by atoms with E-state index in [1.807, 2.05) is 43.4 Å². The third-order valence-electron chi connectivity index (χ3n) is 6.28. The molecule has 1 aromatic carbocycles. The zero-order valence-corrected chi connectivity index (χ0v) is 19.7. The first kappa shape index (κ1) is 22.9. The summed E-state index contributed by atoms with van der Waals surface area (Å²) in [5.74, 6) is 0.00629. The average molecular weight is 427 g/mol. The molecule has 4 heteroatoms. The molecular weight excluding hydrogens is 392 g/mol. The SMILES string of the molecule is CCc1sc(C=CC(=O)c2cc(C)c(CC(O)CO)c(C)c2)c2c1CC(C)(C)CC2. The number of carbonyl (C=O) groups excluding carboxylic acids is 1. The summed E-state index contributed by atoms with van der Waals surface area (Å²) in [4.78, 5) is 15.6. The van der Waals surface area contributed by atoms with Gasteiger partial charge in [-0.2, -0.15) is 0 Å². The van der Waals surface area contributed by atoms with Gasteiger partial charge in [0.2, 0.25) is 0 Å². The molecule has 0 aliphatic heterocycles. The van der Waals surface area contributed by atoms with Gasteiger partial charge in [0.15, 0.2) is 5.78 Å². The van der Waals surface area contributed by atoms with Crippen LogP contribution in [0.1, 0.15) is 75.1 Å². The lowest BCUT2D eigenvalue weighted by Gasteiger charge is -2.30. The molecule has 0 amide bonds. The zero-order chi connectivity index (χ0) is 22.1. The maximum atomic E-state index is 12.9. The van der Waals surface area contributed by atoms with E-state index in [1.54, 1.807) is 6.08 Å². The Morgan fingerprint density at radius 3 is 2.50 bits per heavy atom. The number of aliphatic hydroxyl groups is 2. The van der Waals surface area contributed by atoms with Crippen LogP contribution in [0.5, 0.6) is 0 Å². The van der Waals surface area contributed by atoms with Gasteiger partial charge >= 0.3 is 0 Å². The predicted molar refractivity (Wildman–Crippen MR) is 126 cm³/mol. The fraction of sp³-hybridized carbons (Fsp3) is 0.500. The van der Waals surface area contributed by atoms with Gasteiger partial charge in [-0.25, -0.2) is 0 Å². The van der Waals surface area contributed by atoms with E-state index in [1.165, 1.54) is 27.3 Å². The summed E-state index contributed by atoms with van der Waals surface area (Å²) in [6.45, 7) is 10.6. The lowest BCUT2D eigenvalue weighted by Crippen LogP contribution is -2.22. The highest BCUT2D eigenvalue weighted by atomic mass is 32.1. The fourth-order valence-corrected chi connectivity index (χ4v) is 5.72. The van der Waals surface area contributed by atoms with Crippen LogP contribution in [0.4, 0.5) is 0 Å². The molecule has 1 atom stereocenters. The van der Waals surface area contributed by atoms with E-state index in [0.29, 0.717) is 17.4 Å². The normalized spacial score (nSPS) is 16.6. The fourth-order valence-electron chi connectivity index (χ4n) is 4.51. The van der Waals surface area contributed by atoms with E-state index in [0.717, 1.165) is 36.0 Å². The van der Waals surface area contributed by atoms with Gasteiger partial charge < -0.3 is 10.2 Å². The van der Waals surface area contributed by atoms with E-state index >= 15 is 0 Å². The standard InChI is InChI=1S/C26H34O3S/c1-6-24-22-14-26(4,5)10-9-20(22)25(30-24)8-7-23(29)18-11-16(2)21(17(3)12-18)13-19(28)15-27/h7-8,11-12,19,27-28H,6,9-10,13-15H2,1-5H3. The van der Waals surface area contributed by atoms with Crippen molar-refractivity contribution >= 4 is 23.2 Å². The van der Waals surface area contributed by atoms with Crippen LogP contribution in [-0.4, -0.2) is 28.7 Å². The Kier molecular flexibility index (Phi) is 7.01. The Balaban J connectivity index is 1.84. The Hall–Kier alpha value is -1.75. The third-order valence-corrected chi connectivity index (χ3v) is 7.66. The van der Waals surface area contributed by atoms with Crippen LogP contribution in [0, 0.1) is 19.3 Å². The third kappa shape index (κ3) is 4.93. The summed E-state index contributed by atoms with van der Waals surface area (Å²) in [5, 5.41) is 18.9. The molecule has 3 nitrogen and oxygen atoms in total. The lowest BCUT2D eigenvalue weighted by molar-refractivity contribution is 0.0952. The molecule has 2 N–H and O–H groups in total. The van der Waals surface area contributed by atoms with E-state index in [-0.39, 0.29) is 12.4 Å². The number of hydrogen-bond acceptors (Lipinski definition) is 4. The van der Waals surface area contributed by atoms with Crippen molar-refractivity contribution in [3.05, 3.63) is 61.3 Å². The first-order valence-electron chi connectivity index (χ1n) is 10.9. The van der Waals surface area contributed by atoms with Gasteiger partial charge in [-0.05, 0) is 97.0 Å². The molecular formula is C26H34O3S. The molecule has 2 aromatic rings. The van der Waals surface area contributed by atoms with Crippen LogP contribution >= 0.6 is 11.3 Å². The molecule has 0 radical (unpaired) electrons. The minimum Gasteiger partial charge on any atom is -0.394 e. The van der Waals surface area contributed by atoms with E-state index in [9.17, 15) is 9.90 Å². The molecule has 0 saturated heterocycles. The molecule has 1 aromatic heterocycles. The Bertz CT molecular complexity index is 942. The molecule has 0 saturated carbocycles. The summed E-state index contributed by atoms with van der Waals surface area (Å²) >= 11 is 1.84. The smallest absolute Gasteiger partial charge is 0.185 e. The van der Waals surface area contributed by atoms with Crippen molar-refractivity contribution in [2.75, 3.05) is 6.61 Å². The number of thiophene rings is 1. The number of aliphatic hydroxyl groups excluding tert-OH is 2. The van der Waals surface area contributed by atoms with Crippen LogP contribution < -0.4 is 0 Å². The van der Waals surface area contributed by atoms with Crippen molar-refractivity contribution in [1.82, 2.24) is 0 Å². The highest BCUT2D eigenvalue weighted by Crippen LogP contribution is 2.42. The summed E-state index contributed by atoms with van der Waals surface area (Å²) in [6, 6.07) is 3.78. The van der Waals surface area contributed by atoms with Crippen LogP contribution in [0.25, 0.3) is 6.08 Å². The monoisotopic (exact) mass is 426 g/mol. The average Bonchev–Trinajstić information content (AvgIpc) is 3.04. The number of aryl methyl sites for hydroxylation is 3. The van der Waals surface area contributed by atoms with Gasteiger partial charge in [0.1, 0.15) is 0 Å². The Morgan fingerprint density at radius 1 is 1.23 bits per heavy atom. The van der Waals surface area contributed by atoms with Crippen molar-refractivity contribution in [1.29, 1.82) is 0 Å². The molecule has 0 fully saturated rings. The number of hydrogen-bond donors (Lipinski definition) is 2. The predicted octanol–water partition coefficient (Wildman–Crippen LogP) is 5.23. The number of rotatable bonds is 7. The zero-order valence-electron chi connectivity index (χ0n) is 18.8. The molecule has 1 aliphatic rings. The van der Waals surface area contributed by atoms with Crippen molar-refractivity contribution in [3.63, 3.8) is 0 Å². The molecule has 1 heterocycles. The number of allylic oxidation sites excluding steroid dienone is 1. The molecule has 30 heavy (non-hydrogen) atoms. The molecule has 162 valence electrons. The highest BCUT2D eigenvalue weighted by molar-refractivity contribution is 7.13. The second-order valence-corrected chi connectivity index (χ2v) is 10.5. The molecule has 1 unspecified atom stereocenters. The van der Waals surface area contributed by atoms with E-state index < -0.39 is 6.10 Å². The second kappa shape index (κ2) is 9.17. The van der Waals surface area contributed by atoms with Gasteiger partial charge in [-0.15, -0.1) is 11.3 Å². The molecule has 0 bridgehead atoms. The summed E-state index contributed by atoms with van der Waals surface area (Å²) in [6.07, 6.45) is 7.80. The number of ketones is 1. The summed E-state index contributed by atoms with van der Waals surface area (Å²) in [7, 11) is 0. The largest absolute Gasteiger partial charge is 0.394 e. The first-order valence-corrected chi connectivity index (χ1v) is 11.7. The molecule has 0 spiro atoms. The number of fused-ring (bicyclic) bond motifs is 1. The number of benzene rings is 1. The maximum absolute atomic E-state index is 12.9. The summed E-state index contributed by atoms with van der Waals surface area (Å²) < 4.78 is 0. The van der Waals surface area contributed by atoms with Crippen LogP contribution in [-0.2, 0) is 25.7 Å². The van der Waals surface area contributed by atoms with Crippen molar-refractivity contribution in [2.45, 2.75) is 72.8 Å². The van der Waals surface area contributed by atoms with Gasteiger partial charge in [-0.3, -0.25) is 4.79 Å². The van der Waals surface area contributed by atoms with Gasteiger partial charge in [0, 0.05) is 21.7 Å². The molecule has 1 aliphatic carbocycles. The lowest BCUT2D eigenvalue weighted by atomic mass is 9.74. The first-order chi connectivity index (χ1) is 14.1. The minimum atomic E-state index is -0.772. The Labute approximate surface area is 184 Å². The quantitative estimate of drug-likeness (QED) is 0.471. The minimum absolute atomic E-state index is 0.00629. The van der Waals surface area contributed by atoms with Crippen molar-refractivity contribution in [2.24, 2.45) is 5.41 Å². The Morgan fingerprint density at radius 2 is 1.90 bits per heavy atom. The second-order valence-electron chi connectivity index (χ2n) is 9.37. The summed E-state index contributed by atoms with van der Waals surface area (Å²) in [5.41, 5.74) is 6.94. The number of carbonyl (C=O) groups is 1. The topological polar surface area (TPSA) is 57.5 Å². The van der Waals surface area contributed by atoms with Gasteiger partial charge in [0.25, 0.3) is 0 Å². The van der Waals surface area contributed by atoms with Crippen molar-refractivity contribution in [3.8, 4) is 0 Å². The highest BCUT2D eigenvalue weighted by Gasteiger charge is 2.29. The van der Waals surface area contributed by atoms with Crippen LogP contribution in [0.2, 0.25) is 0 Å². The van der Waals surface area contributed by atoms with E-state index in [2.05, 4.69) is 20.8 Å².